The molecule has 2 aromatic carbocycles. The number of Topliss-reactive ketones (excluding diaryl/α,β-unsaturated/α-hetero) is 1. The first-order valence-corrected chi connectivity index (χ1v) is 9.58. The second kappa shape index (κ2) is 7.13. The second-order valence-corrected chi connectivity index (χ2v) is 7.81. The number of ketones is 1. The van der Waals surface area contributed by atoms with Crippen molar-refractivity contribution in [2.45, 2.75) is 6.92 Å². The van der Waals surface area contributed by atoms with E-state index in [0.717, 1.165) is 16.3 Å². The van der Waals surface area contributed by atoms with Crippen LogP contribution in [0.3, 0.4) is 0 Å². The zero-order valence-electron chi connectivity index (χ0n) is 14.5. The van der Waals surface area contributed by atoms with Gasteiger partial charge in [0.25, 0.3) is 5.91 Å². The predicted octanol–water partition coefficient (Wildman–Crippen LogP) is 4.64. The molecule has 1 aliphatic heterocycles. The van der Waals surface area contributed by atoms with Crippen molar-refractivity contribution in [1.29, 1.82) is 0 Å². The fraction of sp³-hybridized carbons (Fsp3) is 0.0952. The van der Waals surface area contributed by atoms with E-state index in [2.05, 4.69) is 0 Å². The van der Waals surface area contributed by atoms with Crippen molar-refractivity contribution in [3.8, 4) is 0 Å². The molecule has 1 saturated heterocycles. The fourth-order valence-corrected chi connectivity index (χ4v) is 4.48. The van der Waals surface area contributed by atoms with Crippen molar-refractivity contribution in [3.63, 3.8) is 0 Å². The maximum Gasteiger partial charge on any atom is 0.267 e. The summed E-state index contributed by atoms with van der Waals surface area (Å²) in [5, 5.41) is 2.08. The number of furan rings is 1. The first-order chi connectivity index (χ1) is 13.1. The van der Waals surface area contributed by atoms with E-state index >= 15 is 0 Å². The molecule has 3 aromatic rings. The molecular formula is C21H15NO3S2. The molecule has 0 bridgehead atoms. The number of rotatable bonds is 4. The summed E-state index contributed by atoms with van der Waals surface area (Å²) in [7, 11) is 0. The van der Waals surface area contributed by atoms with E-state index < -0.39 is 0 Å². The first-order valence-electron chi connectivity index (χ1n) is 8.35. The highest BCUT2D eigenvalue weighted by Crippen LogP contribution is 2.41. The number of amides is 1. The van der Waals surface area contributed by atoms with Crippen LogP contribution in [0.1, 0.15) is 18.2 Å². The number of hydrogen-bond donors (Lipinski definition) is 0. The zero-order valence-corrected chi connectivity index (χ0v) is 16.1. The van der Waals surface area contributed by atoms with E-state index in [1.807, 2.05) is 48.5 Å². The molecule has 1 amide bonds. The van der Waals surface area contributed by atoms with Crippen LogP contribution < -0.4 is 0 Å². The van der Waals surface area contributed by atoms with Gasteiger partial charge >= 0.3 is 0 Å². The van der Waals surface area contributed by atoms with Gasteiger partial charge in [-0.15, -0.1) is 0 Å². The lowest BCUT2D eigenvalue weighted by atomic mass is 9.96. The molecule has 0 saturated carbocycles. The number of carbonyl (C=O) groups is 2. The highest BCUT2D eigenvalue weighted by Gasteiger charge is 2.36. The Kier molecular flexibility index (Phi) is 4.68. The summed E-state index contributed by atoms with van der Waals surface area (Å²) in [6, 6.07) is 17.6. The minimum Gasteiger partial charge on any atom is -0.464 e. The third-order valence-electron chi connectivity index (χ3n) is 4.28. The molecule has 1 aliphatic rings. The van der Waals surface area contributed by atoms with Gasteiger partial charge in [0, 0.05) is 5.57 Å². The molecule has 2 heterocycles. The Morgan fingerprint density at radius 3 is 2.63 bits per heavy atom. The Balaban J connectivity index is 1.96. The van der Waals surface area contributed by atoms with Gasteiger partial charge in [-0.05, 0) is 35.4 Å². The molecule has 0 unspecified atom stereocenters. The minimum absolute atomic E-state index is 0.0187. The van der Waals surface area contributed by atoms with Crippen LogP contribution in [0.25, 0.3) is 16.3 Å². The molecule has 1 aromatic heterocycles. The van der Waals surface area contributed by atoms with Gasteiger partial charge in [0.05, 0.1) is 17.7 Å². The molecule has 1 fully saturated rings. The summed E-state index contributed by atoms with van der Waals surface area (Å²) in [6.07, 6.45) is 1.58. The molecule has 0 N–H and O–H groups in total. The Morgan fingerprint density at radius 1 is 1.11 bits per heavy atom. The van der Waals surface area contributed by atoms with E-state index in [9.17, 15) is 9.59 Å². The summed E-state index contributed by atoms with van der Waals surface area (Å²) in [5.74, 6) is 0.214. The van der Waals surface area contributed by atoms with Crippen molar-refractivity contribution < 1.29 is 14.0 Å². The molecule has 0 aliphatic carbocycles. The summed E-state index contributed by atoms with van der Waals surface area (Å²) < 4.78 is 6.04. The third kappa shape index (κ3) is 3.22. The SMILES string of the molecule is CC(=O)CN1C(=O)/C(=C(/c2ccco2)c2cccc3ccccc23)SC1=S. The van der Waals surface area contributed by atoms with E-state index in [1.54, 1.807) is 12.3 Å². The maximum absolute atomic E-state index is 13.1. The highest BCUT2D eigenvalue weighted by molar-refractivity contribution is 8.26. The van der Waals surface area contributed by atoms with Gasteiger partial charge in [0.2, 0.25) is 0 Å². The maximum atomic E-state index is 13.1. The van der Waals surface area contributed by atoms with Crippen molar-refractivity contribution in [3.05, 3.63) is 77.1 Å². The standard InChI is InChI=1S/C21H15NO3S2/c1-13(23)12-22-20(24)19(27-21(22)26)18(17-10-5-11-25-17)16-9-4-7-14-6-2-3-8-15(14)16/h2-11H,12H2,1H3/b19-18-. The number of hydrogen-bond acceptors (Lipinski definition) is 5. The van der Waals surface area contributed by atoms with Crippen molar-refractivity contribution in [2.75, 3.05) is 6.54 Å². The first kappa shape index (κ1) is 17.7. The fourth-order valence-electron chi connectivity index (χ4n) is 3.14. The molecule has 134 valence electrons. The van der Waals surface area contributed by atoms with Crippen molar-refractivity contribution in [2.24, 2.45) is 0 Å². The van der Waals surface area contributed by atoms with Gasteiger partial charge in [-0.3, -0.25) is 14.5 Å². The molecule has 6 heteroatoms. The van der Waals surface area contributed by atoms with Crippen LogP contribution in [0.5, 0.6) is 0 Å². The zero-order chi connectivity index (χ0) is 19.0. The van der Waals surface area contributed by atoms with E-state index in [4.69, 9.17) is 16.6 Å². The summed E-state index contributed by atoms with van der Waals surface area (Å²) in [4.78, 5) is 26.4. The van der Waals surface area contributed by atoms with Gasteiger partial charge in [0.15, 0.2) is 0 Å². The van der Waals surface area contributed by atoms with Gasteiger partial charge in [0.1, 0.15) is 15.9 Å². The van der Waals surface area contributed by atoms with Gasteiger partial charge < -0.3 is 4.42 Å². The van der Waals surface area contributed by atoms with Gasteiger partial charge in [-0.1, -0.05) is 66.4 Å². The van der Waals surface area contributed by atoms with Crippen molar-refractivity contribution >= 4 is 56.3 Å². The van der Waals surface area contributed by atoms with E-state index in [0.29, 0.717) is 20.6 Å². The molecule has 0 spiro atoms. The van der Waals surface area contributed by atoms with Gasteiger partial charge in [-0.25, -0.2) is 0 Å². The van der Waals surface area contributed by atoms with Crippen LogP contribution in [0, 0.1) is 0 Å². The lowest BCUT2D eigenvalue weighted by molar-refractivity contribution is -0.126. The van der Waals surface area contributed by atoms with E-state index in [-0.39, 0.29) is 18.2 Å². The van der Waals surface area contributed by atoms with Crippen LogP contribution >= 0.6 is 24.0 Å². The number of carbonyl (C=O) groups excluding carboxylic acids is 2. The second-order valence-electron chi connectivity index (χ2n) is 6.17. The lowest BCUT2D eigenvalue weighted by Gasteiger charge is -2.13. The average Bonchev–Trinajstić information content (AvgIpc) is 3.27. The summed E-state index contributed by atoms with van der Waals surface area (Å²) >= 11 is 6.57. The van der Waals surface area contributed by atoms with Crippen LogP contribution in [-0.2, 0) is 9.59 Å². The Hall–Kier alpha value is -2.70. The molecule has 0 atom stereocenters. The predicted molar refractivity (Wildman–Crippen MR) is 111 cm³/mol. The van der Waals surface area contributed by atoms with Crippen LogP contribution in [0.2, 0.25) is 0 Å². The van der Waals surface area contributed by atoms with Crippen molar-refractivity contribution in [1.82, 2.24) is 4.90 Å². The molecule has 0 radical (unpaired) electrons. The van der Waals surface area contributed by atoms with Crippen LogP contribution in [0.15, 0.2) is 70.2 Å². The minimum atomic E-state index is -0.264. The highest BCUT2D eigenvalue weighted by atomic mass is 32.2. The van der Waals surface area contributed by atoms with Crippen LogP contribution in [0.4, 0.5) is 0 Å². The summed E-state index contributed by atoms with van der Waals surface area (Å²) in [6.45, 7) is 1.43. The third-order valence-corrected chi connectivity index (χ3v) is 5.73. The molecule has 4 nitrogen and oxygen atoms in total. The molecule has 4 rings (SSSR count). The monoisotopic (exact) mass is 393 g/mol. The Morgan fingerprint density at radius 2 is 1.89 bits per heavy atom. The number of nitrogens with zero attached hydrogens (tertiary/aromatic N) is 1. The lowest BCUT2D eigenvalue weighted by Crippen LogP contribution is -2.32. The Bertz CT molecular complexity index is 1090. The normalized spacial score (nSPS) is 16.3. The van der Waals surface area contributed by atoms with E-state index in [1.165, 1.54) is 23.6 Å². The quantitative estimate of drug-likeness (QED) is 0.477. The summed E-state index contributed by atoms with van der Waals surface area (Å²) in [5.41, 5.74) is 1.59. The number of fused-ring (bicyclic) bond motifs is 1. The average molecular weight is 393 g/mol. The molecular weight excluding hydrogens is 378 g/mol. The topological polar surface area (TPSA) is 50.5 Å². The largest absolute Gasteiger partial charge is 0.464 e. The number of thioether (sulfide) groups is 1. The number of thiocarbonyl (C=S) groups is 1. The van der Waals surface area contributed by atoms with Gasteiger partial charge in [-0.2, -0.15) is 0 Å². The molecule has 27 heavy (non-hydrogen) atoms. The van der Waals surface area contributed by atoms with Crippen LogP contribution in [-0.4, -0.2) is 27.5 Å². The number of benzene rings is 2. The Labute approximate surface area is 165 Å². The smallest absolute Gasteiger partial charge is 0.267 e.